The van der Waals surface area contributed by atoms with Crippen molar-refractivity contribution >= 4 is 5.91 Å². The van der Waals surface area contributed by atoms with Gasteiger partial charge in [0.1, 0.15) is 11.9 Å². The van der Waals surface area contributed by atoms with Gasteiger partial charge in [-0.3, -0.25) is 19.8 Å². The van der Waals surface area contributed by atoms with Gasteiger partial charge < -0.3 is 5.32 Å². The fourth-order valence-electron chi connectivity index (χ4n) is 2.96. The number of nitrogens with one attached hydrogen (secondary N) is 2. The Labute approximate surface area is 158 Å². The third kappa shape index (κ3) is 4.77. The fourth-order valence-corrected chi connectivity index (χ4v) is 2.96. The maximum absolute atomic E-state index is 12.7. The van der Waals surface area contributed by atoms with Crippen LogP contribution in [0.3, 0.4) is 0 Å². The Hall–Kier alpha value is -3.06. The van der Waals surface area contributed by atoms with Crippen molar-refractivity contribution in [3.63, 3.8) is 0 Å². The van der Waals surface area contributed by atoms with Gasteiger partial charge in [0.15, 0.2) is 5.82 Å². The molecule has 0 saturated carbocycles. The lowest BCUT2D eigenvalue weighted by atomic mass is 10.0. The van der Waals surface area contributed by atoms with Crippen LogP contribution in [0.5, 0.6) is 0 Å². The van der Waals surface area contributed by atoms with Crippen LogP contribution in [0.15, 0.2) is 48.8 Å². The van der Waals surface area contributed by atoms with Crippen molar-refractivity contribution in [3.05, 3.63) is 65.7 Å². The summed E-state index contributed by atoms with van der Waals surface area (Å²) in [6.07, 6.45) is 4.01. The van der Waals surface area contributed by atoms with Crippen molar-refractivity contribution in [3.8, 4) is 11.4 Å². The molecule has 2 aromatic heterocycles. The molecule has 0 aliphatic heterocycles. The molecule has 0 radical (unpaired) electrons. The molecule has 0 spiro atoms. The van der Waals surface area contributed by atoms with E-state index in [-0.39, 0.29) is 11.9 Å². The quantitative estimate of drug-likeness (QED) is 0.671. The number of amides is 1. The molecule has 3 rings (SSSR count). The number of hydrogen-bond acceptors (Lipinski definition) is 5. The van der Waals surface area contributed by atoms with E-state index >= 15 is 0 Å². The molecule has 0 bridgehead atoms. The molecule has 1 aromatic carbocycles. The topological polar surface area (TPSA) is 86.8 Å². The zero-order chi connectivity index (χ0) is 19.2. The first-order chi connectivity index (χ1) is 13.0. The first kappa shape index (κ1) is 18.7. The van der Waals surface area contributed by atoms with Gasteiger partial charge in [0.2, 0.25) is 5.91 Å². The molecule has 2 N–H and O–H groups in total. The van der Waals surface area contributed by atoms with Crippen LogP contribution in [0.25, 0.3) is 11.4 Å². The second kappa shape index (κ2) is 8.55. The zero-order valence-electron chi connectivity index (χ0n) is 15.8. The van der Waals surface area contributed by atoms with Gasteiger partial charge in [-0.05, 0) is 38.7 Å². The van der Waals surface area contributed by atoms with Crippen molar-refractivity contribution < 1.29 is 4.79 Å². The molecule has 1 atom stereocenters. The Morgan fingerprint density at radius 1 is 1.26 bits per heavy atom. The highest BCUT2D eigenvalue weighted by molar-refractivity contribution is 5.83. The number of aromatic amines is 1. The molecule has 1 amide bonds. The standard InChI is InChI=1S/C20H24N6O/c1-14-6-4-7-15(12-14)18(26(2)3)20(27)22-11-9-17-23-19(25-24-17)16-8-5-10-21-13-16/h4-8,10,12-13,18H,9,11H2,1-3H3,(H,22,27)(H,23,24,25)/t18-/m1/s1. The highest BCUT2D eigenvalue weighted by atomic mass is 16.2. The smallest absolute Gasteiger partial charge is 0.241 e. The second-order valence-electron chi connectivity index (χ2n) is 6.67. The highest BCUT2D eigenvalue weighted by Crippen LogP contribution is 2.19. The fraction of sp³-hybridized carbons (Fsp3) is 0.300. The molecule has 140 valence electrons. The lowest BCUT2D eigenvalue weighted by molar-refractivity contribution is -0.125. The predicted molar refractivity (Wildman–Crippen MR) is 104 cm³/mol. The van der Waals surface area contributed by atoms with Gasteiger partial charge in [-0.25, -0.2) is 4.98 Å². The average Bonchev–Trinajstić information content (AvgIpc) is 3.11. The predicted octanol–water partition coefficient (Wildman–Crippen LogP) is 2.14. The van der Waals surface area contributed by atoms with E-state index in [1.54, 1.807) is 12.4 Å². The first-order valence-corrected chi connectivity index (χ1v) is 8.87. The second-order valence-corrected chi connectivity index (χ2v) is 6.67. The summed E-state index contributed by atoms with van der Waals surface area (Å²) in [5.41, 5.74) is 2.98. The van der Waals surface area contributed by atoms with E-state index in [9.17, 15) is 4.79 Å². The number of pyridine rings is 1. The summed E-state index contributed by atoms with van der Waals surface area (Å²) in [5, 5.41) is 10.1. The number of carbonyl (C=O) groups is 1. The van der Waals surface area contributed by atoms with Crippen LogP contribution in [0.2, 0.25) is 0 Å². The summed E-state index contributed by atoms with van der Waals surface area (Å²) >= 11 is 0. The number of aryl methyl sites for hydroxylation is 1. The van der Waals surface area contributed by atoms with Gasteiger partial charge in [-0.1, -0.05) is 29.8 Å². The van der Waals surface area contributed by atoms with Crippen LogP contribution in [0.1, 0.15) is 23.0 Å². The van der Waals surface area contributed by atoms with Gasteiger partial charge in [-0.15, -0.1) is 0 Å². The van der Waals surface area contributed by atoms with E-state index < -0.39 is 0 Å². The number of H-pyrrole nitrogens is 1. The van der Waals surface area contributed by atoms with Gasteiger partial charge >= 0.3 is 0 Å². The maximum Gasteiger partial charge on any atom is 0.241 e. The monoisotopic (exact) mass is 364 g/mol. The van der Waals surface area contributed by atoms with Crippen LogP contribution in [0, 0.1) is 6.92 Å². The molecule has 7 heteroatoms. The summed E-state index contributed by atoms with van der Waals surface area (Å²) in [7, 11) is 3.81. The summed E-state index contributed by atoms with van der Waals surface area (Å²) in [4.78, 5) is 23.2. The Kier molecular flexibility index (Phi) is 5.93. The third-order valence-corrected chi connectivity index (χ3v) is 4.24. The molecule has 0 aliphatic rings. The molecule has 0 aliphatic carbocycles. The van der Waals surface area contributed by atoms with E-state index in [1.807, 2.05) is 62.3 Å². The average molecular weight is 364 g/mol. The van der Waals surface area contributed by atoms with E-state index in [2.05, 4.69) is 25.5 Å². The minimum absolute atomic E-state index is 0.0300. The molecule has 3 aromatic rings. The van der Waals surface area contributed by atoms with E-state index in [0.717, 1.165) is 22.5 Å². The molecular weight excluding hydrogens is 340 g/mol. The van der Waals surface area contributed by atoms with E-state index in [4.69, 9.17) is 0 Å². The maximum atomic E-state index is 12.7. The molecule has 0 fully saturated rings. The zero-order valence-corrected chi connectivity index (χ0v) is 15.8. The molecule has 0 saturated heterocycles. The first-order valence-electron chi connectivity index (χ1n) is 8.87. The molecule has 27 heavy (non-hydrogen) atoms. The SMILES string of the molecule is Cc1cccc([C@H](C(=O)NCCc2nc(-c3cccnc3)n[nH]2)N(C)C)c1. The molecule has 2 heterocycles. The number of likely N-dealkylation sites (N-methyl/N-ethyl adjacent to an activating group) is 1. The molecular formula is C20H24N6O. The summed E-state index contributed by atoms with van der Waals surface area (Å²) in [6, 6.07) is 11.4. The van der Waals surface area contributed by atoms with Crippen LogP contribution in [0.4, 0.5) is 0 Å². The number of aromatic nitrogens is 4. The highest BCUT2D eigenvalue weighted by Gasteiger charge is 2.22. The number of rotatable bonds is 7. The van der Waals surface area contributed by atoms with Gasteiger partial charge in [0, 0.05) is 30.9 Å². The minimum atomic E-state index is -0.328. The Balaban J connectivity index is 1.59. The molecule has 7 nitrogen and oxygen atoms in total. The number of benzene rings is 1. The number of carbonyl (C=O) groups excluding carboxylic acids is 1. The lowest BCUT2D eigenvalue weighted by Gasteiger charge is -2.24. The van der Waals surface area contributed by atoms with E-state index in [0.29, 0.717) is 18.8 Å². The minimum Gasteiger partial charge on any atom is -0.354 e. The van der Waals surface area contributed by atoms with Gasteiger partial charge in [0.05, 0.1) is 0 Å². The third-order valence-electron chi connectivity index (χ3n) is 4.24. The Bertz CT molecular complexity index is 890. The normalized spacial score (nSPS) is 12.1. The van der Waals surface area contributed by atoms with Crippen LogP contribution < -0.4 is 5.32 Å². The number of nitrogens with zero attached hydrogens (tertiary/aromatic N) is 4. The van der Waals surface area contributed by atoms with Crippen LogP contribution in [-0.4, -0.2) is 51.6 Å². The van der Waals surface area contributed by atoms with Crippen molar-refractivity contribution in [2.75, 3.05) is 20.6 Å². The van der Waals surface area contributed by atoms with Crippen LogP contribution >= 0.6 is 0 Å². The molecule has 0 unspecified atom stereocenters. The Morgan fingerprint density at radius 2 is 2.11 bits per heavy atom. The van der Waals surface area contributed by atoms with Gasteiger partial charge in [-0.2, -0.15) is 5.10 Å². The van der Waals surface area contributed by atoms with Crippen molar-refractivity contribution in [1.82, 2.24) is 30.4 Å². The lowest BCUT2D eigenvalue weighted by Crippen LogP contribution is -2.38. The Morgan fingerprint density at radius 3 is 2.81 bits per heavy atom. The van der Waals surface area contributed by atoms with Crippen LogP contribution in [-0.2, 0) is 11.2 Å². The van der Waals surface area contributed by atoms with Gasteiger partial charge in [0.25, 0.3) is 0 Å². The van der Waals surface area contributed by atoms with E-state index in [1.165, 1.54) is 0 Å². The van der Waals surface area contributed by atoms with Crippen molar-refractivity contribution in [2.24, 2.45) is 0 Å². The summed E-state index contributed by atoms with van der Waals surface area (Å²) in [6.45, 7) is 2.51. The largest absolute Gasteiger partial charge is 0.354 e. The summed E-state index contributed by atoms with van der Waals surface area (Å²) < 4.78 is 0. The number of hydrogen-bond donors (Lipinski definition) is 2. The summed E-state index contributed by atoms with van der Waals surface area (Å²) in [5.74, 6) is 1.30. The van der Waals surface area contributed by atoms with Crippen molar-refractivity contribution in [1.29, 1.82) is 0 Å². The van der Waals surface area contributed by atoms with Crippen molar-refractivity contribution in [2.45, 2.75) is 19.4 Å².